The number of nitrogens with two attached hydrogens (primary N) is 1. The van der Waals surface area contributed by atoms with Crippen molar-refractivity contribution in [2.75, 3.05) is 6.54 Å². The van der Waals surface area contributed by atoms with Gasteiger partial charge in [-0.1, -0.05) is 26.0 Å². The maximum absolute atomic E-state index is 12.4. The number of amides is 1. The number of carbonyl (C=O) groups excluding carboxylic acids is 1. The first kappa shape index (κ1) is 16.2. The number of aromatic nitrogens is 2. The zero-order chi connectivity index (χ0) is 16.3. The molecular formula is C16H22N4O2. The van der Waals surface area contributed by atoms with Crippen LogP contribution in [0.15, 0.2) is 35.4 Å². The maximum Gasteiger partial charge on any atom is 0.261 e. The van der Waals surface area contributed by atoms with Crippen LogP contribution >= 0.6 is 0 Å². The second-order valence-electron chi connectivity index (χ2n) is 6.02. The molecule has 1 amide bonds. The summed E-state index contributed by atoms with van der Waals surface area (Å²) in [6.45, 7) is 6.16. The van der Waals surface area contributed by atoms with Gasteiger partial charge < -0.3 is 11.1 Å². The molecule has 2 rings (SSSR count). The zero-order valence-corrected chi connectivity index (χ0v) is 13.2. The Morgan fingerprint density at radius 2 is 2.09 bits per heavy atom. The Labute approximate surface area is 129 Å². The molecule has 3 N–H and O–H groups in total. The van der Waals surface area contributed by atoms with E-state index in [-0.39, 0.29) is 23.9 Å². The summed E-state index contributed by atoms with van der Waals surface area (Å²) in [6, 6.07) is 7.07. The molecule has 0 aliphatic rings. The average Bonchev–Trinajstić information content (AvgIpc) is 2.50. The molecule has 0 saturated heterocycles. The molecule has 0 aliphatic heterocycles. The second-order valence-corrected chi connectivity index (χ2v) is 6.02. The van der Waals surface area contributed by atoms with Gasteiger partial charge in [0.05, 0.1) is 22.8 Å². The molecule has 1 unspecified atom stereocenters. The Morgan fingerprint density at radius 3 is 2.73 bits per heavy atom. The average molecular weight is 302 g/mol. The number of fused-ring (bicyclic) bond motifs is 1. The first-order valence-electron chi connectivity index (χ1n) is 7.32. The van der Waals surface area contributed by atoms with Crippen molar-refractivity contribution < 1.29 is 4.79 Å². The van der Waals surface area contributed by atoms with Crippen LogP contribution in [0, 0.1) is 5.92 Å². The van der Waals surface area contributed by atoms with Gasteiger partial charge in [-0.05, 0) is 25.0 Å². The zero-order valence-electron chi connectivity index (χ0n) is 13.2. The van der Waals surface area contributed by atoms with Crippen molar-refractivity contribution in [1.82, 2.24) is 14.9 Å². The van der Waals surface area contributed by atoms with Crippen LogP contribution in [0.5, 0.6) is 0 Å². The highest BCUT2D eigenvalue weighted by atomic mass is 16.2. The van der Waals surface area contributed by atoms with Crippen molar-refractivity contribution in [1.29, 1.82) is 0 Å². The molecule has 2 aromatic rings. The predicted molar refractivity (Wildman–Crippen MR) is 86.4 cm³/mol. The molecule has 0 radical (unpaired) electrons. The van der Waals surface area contributed by atoms with Gasteiger partial charge in [-0.2, -0.15) is 0 Å². The minimum absolute atomic E-state index is 0.0705. The van der Waals surface area contributed by atoms with Gasteiger partial charge >= 0.3 is 0 Å². The molecule has 0 spiro atoms. The lowest BCUT2D eigenvalue weighted by molar-refractivity contribution is -0.123. The van der Waals surface area contributed by atoms with Crippen LogP contribution in [0.2, 0.25) is 0 Å². The number of hydrogen-bond acceptors (Lipinski definition) is 4. The van der Waals surface area contributed by atoms with Crippen molar-refractivity contribution in [3.63, 3.8) is 0 Å². The highest BCUT2D eigenvalue weighted by Crippen LogP contribution is 2.14. The first-order chi connectivity index (χ1) is 10.4. The highest BCUT2D eigenvalue weighted by molar-refractivity contribution is 5.79. The van der Waals surface area contributed by atoms with E-state index in [1.165, 1.54) is 10.9 Å². The normalized spacial score (nSPS) is 14.0. The van der Waals surface area contributed by atoms with Crippen LogP contribution in [0.4, 0.5) is 0 Å². The van der Waals surface area contributed by atoms with Gasteiger partial charge in [-0.25, -0.2) is 4.98 Å². The summed E-state index contributed by atoms with van der Waals surface area (Å²) in [5, 5.41) is 3.42. The molecule has 6 heteroatoms. The molecule has 1 aromatic carbocycles. The van der Waals surface area contributed by atoms with E-state index in [2.05, 4.69) is 10.3 Å². The smallest absolute Gasteiger partial charge is 0.261 e. The summed E-state index contributed by atoms with van der Waals surface area (Å²) in [5.74, 6) is -0.0614. The van der Waals surface area contributed by atoms with Gasteiger partial charge in [-0.15, -0.1) is 0 Å². The Kier molecular flexibility index (Phi) is 4.61. The number of nitrogens with one attached hydrogen (secondary N) is 1. The minimum atomic E-state index is -0.495. The molecule has 0 fully saturated rings. The van der Waals surface area contributed by atoms with Crippen LogP contribution < -0.4 is 16.6 Å². The molecule has 0 saturated carbocycles. The van der Waals surface area contributed by atoms with E-state index < -0.39 is 5.54 Å². The molecule has 6 nitrogen and oxygen atoms in total. The van der Waals surface area contributed by atoms with Crippen LogP contribution in [0.1, 0.15) is 20.8 Å². The van der Waals surface area contributed by atoms with Gasteiger partial charge in [0.2, 0.25) is 5.91 Å². The quantitative estimate of drug-likeness (QED) is 0.858. The molecular weight excluding hydrogens is 280 g/mol. The number of benzene rings is 1. The number of para-hydroxylation sites is 1. The summed E-state index contributed by atoms with van der Waals surface area (Å²) in [7, 11) is 0. The lowest BCUT2D eigenvalue weighted by atomic mass is 9.88. The fourth-order valence-corrected chi connectivity index (χ4v) is 2.16. The van der Waals surface area contributed by atoms with Crippen molar-refractivity contribution in [3.05, 3.63) is 40.9 Å². The second kappa shape index (κ2) is 6.27. The summed E-state index contributed by atoms with van der Waals surface area (Å²) >= 11 is 0. The van der Waals surface area contributed by atoms with Crippen molar-refractivity contribution in [2.45, 2.75) is 32.9 Å². The molecule has 118 valence electrons. The van der Waals surface area contributed by atoms with Crippen LogP contribution in [0.25, 0.3) is 10.9 Å². The van der Waals surface area contributed by atoms with Gasteiger partial charge in [0.25, 0.3) is 5.56 Å². The highest BCUT2D eigenvalue weighted by Gasteiger charge is 2.28. The fourth-order valence-electron chi connectivity index (χ4n) is 2.16. The molecule has 1 heterocycles. The van der Waals surface area contributed by atoms with E-state index in [1.807, 2.05) is 26.8 Å². The van der Waals surface area contributed by atoms with E-state index in [0.717, 1.165) is 0 Å². The van der Waals surface area contributed by atoms with E-state index in [1.54, 1.807) is 18.2 Å². The Morgan fingerprint density at radius 1 is 1.41 bits per heavy atom. The van der Waals surface area contributed by atoms with Gasteiger partial charge in [0, 0.05) is 6.54 Å². The number of nitrogens with zero attached hydrogens (tertiary/aromatic N) is 2. The van der Waals surface area contributed by atoms with Gasteiger partial charge in [0.1, 0.15) is 6.54 Å². The molecule has 0 aliphatic carbocycles. The summed E-state index contributed by atoms with van der Waals surface area (Å²) in [6.07, 6.45) is 1.40. The lowest BCUT2D eigenvalue weighted by Crippen LogP contribution is -2.56. The monoisotopic (exact) mass is 302 g/mol. The van der Waals surface area contributed by atoms with E-state index in [4.69, 9.17) is 5.73 Å². The number of rotatable bonds is 5. The van der Waals surface area contributed by atoms with Crippen molar-refractivity contribution in [2.24, 2.45) is 11.7 Å². The molecule has 1 aromatic heterocycles. The van der Waals surface area contributed by atoms with Crippen LogP contribution in [0.3, 0.4) is 0 Å². The number of hydrogen-bond donors (Lipinski definition) is 2. The molecule has 22 heavy (non-hydrogen) atoms. The predicted octanol–water partition coefficient (Wildman–Crippen LogP) is 0.886. The van der Waals surface area contributed by atoms with Crippen LogP contribution in [-0.2, 0) is 11.3 Å². The third kappa shape index (κ3) is 3.17. The van der Waals surface area contributed by atoms with Gasteiger partial charge in [-0.3, -0.25) is 14.2 Å². The number of carbonyl (C=O) groups is 1. The topological polar surface area (TPSA) is 90.0 Å². The lowest BCUT2D eigenvalue weighted by Gasteiger charge is -2.33. The largest absolute Gasteiger partial charge is 0.348 e. The van der Waals surface area contributed by atoms with Crippen molar-refractivity contribution in [3.8, 4) is 0 Å². The van der Waals surface area contributed by atoms with Crippen LogP contribution in [-0.4, -0.2) is 27.5 Å². The SMILES string of the molecule is CC(C)C(C)(CN)NC(=O)Cn1cnc2ccccc2c1=O. The Bertz CT molecular complexity index is 738. The van der Waals surface area contributed by atoms with E-state index in [0.29, 0.717) is 17.4 Å². The standard InChI is InChI=1S/C16H22N4O2/c1-11(2)16(3,9-17)19-14(21)8-20-10-18-13-7-5-4-6-12(13)15(20)22/h4-7,10-11H,8-9,17H2,1-3H3,(H,19,21). The summed E-state index contributed by atoms with van der Waals surface area (Å²) in [5.41, 5.74) is 5.66. The molecule has 0 bridgehead atoms. The Hall–Kier alpha value is -2.21. The third-order valence-corrected chi connectivity index (χ3v) is 4.17. The van der Waals surface area contributed by atoms with E-state index >= 15 is 0 Å². The molecule has 1 atom stereocenters. The minimum Gasteiger partial charge on any atom is -0.348 e. The Balaban J connectivity index is 2.22. The summed E-state index contributed by atoms with van der Waals surface area (Å²) < 4.78 is 1.31. The fraction of sp³-hybridized carbons (Fsp3) is 0.438. The van der Waals surface area contributed by atoms with Crippen molar-refractivity contribution >= 4 is 16.8 Å². The summed E-state index contributed by atoms with van der Waals surface area (Å²) in [4.78, 5) is 28.8. The van der Waals surface area contributed by atoms with Gasteiger partial charge in [0.15, 0.2) is 0 Å². The third-order valence-electron chi connectivity index (χ3n) is 4.17. The van der Waals surface area contributed by atoms with E-state index in [9.17, 15) is 9.59 Å². The first-order valence-corrected chi connectivity index (χ1v) is 7.32. The maximum atomic E-state index is 12.4.